The van der Waals surface area contributed by atoms with Gasteiger partial charge in [-0.25, -0.2) is 0 Å². The van der Waals surface area contributed by atoms with Gasteiger partial charge in [0.1, 0.15) is 0 Å². The fraction of sp³-hybridized carbons (Fsp3) is 0.250. The molecule has 0 bridgehead atoms. The lowest BCUT2D eigenvalue weighted by atomic mass is 10.1. The number of pyridine rings is 1. The summed E-state index contributed by atoms with van der Waals surface area (Å²) < 4.78 is 0. The first-order chi connectivity index (χ1) is 9.78. The number of aryl methyl sites for hydroxylation is 1. The molecule has 4 nitrogen and oxygen atoms in total. The first-order valence-electron chi connectivity index (χ1n) is 6.76. The Morgan fingerprint density at radius 1 is 1.15 bits per heavy atom. The van der Waals surface area contributed by atoms with E-state index in [9.17, 15) is 4.79 Å². The Balaban J connectivity index is 1.88. The molecule has 0 fully saturated rings. The van der Waals surface area contributed by atoms with Gasteiger partial charge in [-0.3, -0.25) is 9.78 Å². The Kier molecular flexibility index (Phi) is 5.26. The summed E-state index contributed by atoms with van der Waals surface area (Å²) >= 11 is 0. The number of nitrogens with one attached hydrogen (secondary N) is 1. The number of nitrogens with two attached hydrogens (primary N) is 1. The molecule has 2 aromatic rings. The van der Waals surface area contributed by atoms with Crippen LogP contribution in [0.5, 0.6) is 0 Å². The lowest BCUT2D eigenvalue weighted by Gasteiger charge is -2.06. The zero-order valence-electron chi connectivity index (χ0n) is 11.4. The summed E-state index contributed by atoms with van der Waals surface area (Å²) in [5.74, 6) is -0.0570. The summed E-state index contributed by atoms with van der Waals surface area (Å²) in [5, 5.41) is 2.87. The van der Waals surface area contributed by atoms with Crippen molar-refractivity contribution in [1.82, 2.24) is 4.98 Å². The summed E-state index contributed by atoms with van der Waals surface area (Å²) in [6.07, 6.45) is 3.93. The molecule has 3 N–H and O–H groups in total. The number of rotatable bonds is 6. The molecule has 0 aliphatic carbocycles. The number of benzene rings is 1. The van der Waals surface area contributed by atoms with Crippen molar-refractivity contribution in [2.24, 2.45) is 5.73 Å². The van der Waals surface area contributed by atoms with Gasteiger partial charge in [0, 0.05) is 17.6 Å². The van der Waals surface area contributed by atoms with E-state index in [1.165, 1.54) is 5.56 Å². The topological polar surface area (TPSA) is 68.0 Å². The summed E-state index contributed by atoms with van der Waals surface area (Å²) in [7, 11) is 0. The van der Waals surface area contributed by atoms with Gasteiger partial charge in [0.2, 0.25) is 5.91 Å². The number of anilines is 1. The van der Waals surface area contributed by atoms with Gasteiger partial charge in [0.25, 0.3) is 0 Å². The first-order valence-corrected chi connectivity index (χ1v) is 6.76. The highest BCUT2D eigenvalue weighted by atomic mass is 16.1. The highest BCUT2D eigenvalue weighted by Crippen LogP contribution is 2.11. The van der Waals surface area contributed by atoms with Crippen LogP contribution >= 0.6 is 0 Å². The second-order valence-corrected chi connectivity index (χ2v) is 4.64. The number of hydrogen-bond acceptors (Lipinski definition) is 3. The molecular formula is C16H19N3O. The van der Waals surface area contributed by atoms with Gasteiger partial charge >= 0.3 is 0 Å². The standard InChI is InChI=1S/C16H19N3O/c17-10-3-4-13-6-8-14(9-7-13)19-16(20)12-15-5-1-2-11-18-15/h1-2,5-9,11H,3-4,10,12,17H2,(H,19,20). The molecule has 104 valence electrons. The van der Waals surface area contributed by atoms with E-state index in [1.54, 1.807) is 6.20 Å². The molecule has 0 saturated heterocycles. The molecule has 20 heavy (non-hydrogen) atoms. The van der Waals surface area contributed by atoms with Crippen LogP contribution in [-0.2, 0) is 17.6 Å². The molecule has 1 amide bonds. The molecule has 0 unspecified atom stereocenters. The van der Waals surface area contributed by atoms with Crippen molar-refractivity contribution in [3.63, 3.8) is 0 Å². The van der Waals surface area contributed by atoms with Crippen molar-refractivity contribution < 1.29 is 4.79 Å². The molecule has 2 rings (SSSR count). The van der Waals surface area contributed by atoms with Gasteiger partial charge in [0.15, 0.2) is 0 Å². The summed E-state index contributed by atoms with van der Waals surface area (Å²) in [4.78, 5) is 16.0. The number of hydrogen-bond donors (Lipinski definition) is 2. The third kappa shape index (κ3) is 4.48. The van der Waals surface area contributed by atoms with Crippen LogP contribution in [0.25, 0.3) is 0 Å². The minimum atomic E-state index is -0.0570. The maximum atomic E-state index is 11.9. The SMILES string of the molecule is NCCCc1ccc(NC(=O)Cc2ccccn2)cc1. The minimum Gasteiger partial charge on any atom is -0.330 e. The quantitative estimate of drug-likeness (QED) is 0.844. The smallest absolute Gasteiger partial charge is 0.230 e. The zero-order valence-corrected chi connectivity index (χ0v) is 11.4. The summed E-state index contributed by atoms with van der Waals surface area (Å²) in [6.45, 7) is 0.697. The van der Waals surface area contributed by atoms with Crippen LogP contribution < -0.4 is 11.1 Å². The molecule has 0 aliphatic heterocycles. The number of carbonyl (C=O) groups excluding carboxylic acids is 1. The monoisotopic (exact) mass is 269 g/mol. The van der Waals surface area contributed by atoms with Crippen molar-refractivity contribution in [2.45, 2.75) is 19.3 Å². The highest BCUT2D eigenvalue weighted by molar-refractivity contribution is 5.91. The Morgan fingerprint density at radius 3 is 2.60 bits per heavy atom. The average Bonchev–Trinajstić information content (AvgIpc) is 2.47. The molecular weight excluding hydrogens is 250 g/mol. The lowest BCUT2D eigenvalue weighted by Crippen LogP contribution is -2.15. The number of amides is 1. The summed E-state index contributed by atoms with van der Waals surface area (Å²) in [6, 6.07) is 13.4. The van der Waals surface area contributed by atoms with Crippen molar-refractivity contribution in [3.8, 4) is 0 Å². The van der Waals surface area contributed by atoms with Crippen LogP contribution in [0.15, 0.2) is 48.7 Å². The van der Waals surface area contributed by atoms with Crippen molar-refractivity contribution >= 4 is 11.6 Å². The molecule has 0 radical (unpaired) electrons. The average molecular weight is 269 g/mol. The number of carbonyl (C=O) groups is 1. The van der Waals surface area contributed by atoms with E-state index in [2.05, 4.69) is 10.3 Å². The van der Waals surface area contributed by atoms with E-state index < -0.39 is 0 Å². The second-order valence-electron chi connectivity index (χ2n) is 4.64. The Labute approximate surface area is 119 Å². The van der Waals surface area contributed by atoms with Gasteiger partial charge in [-0.15, -0.1) is 0 Å². The molecule has 0 aliphatic rings. The fourth-order valence-electron chi connectivity index (χ4n) is 1.93. The van der Waals surface area contributed by atoms with E-state index in [0.717, 1.165) is 24.2 Å². The molecule has 0 saturated carbocycles. The van der Waals surface area contributed by atoms with Crippen LogP contribution in [-0.4, -0.2) is 17.4 Å². The van der Waals surface area contributed by atoms with E-state index in [1.807, 2.05) is 42.5 Å². The van der Waals surface area contributed by atoms with E-state index in [4.69, 9.17) is 5.73 Å². The fourth-order valence-corrected chi connectivity index (χ4v) is 1.93. The number of aromatic nitrogens is 1. The summed E-state index contributed by atoms with van der Waals surface area (Å²) in [5.41, 5.74) is 8.29. The Hall–Kier alpha value is -2.20. The Morgan fingerprint density at radius 2 is 1.95 bits per heavy atom. The van der Waals surface area contributed by atoms with E-state index in [0.29, 0.717) is 6.54 Å². The van der Waals surface area contributed by atoms with Gasteiger partial charge in [0.05, 0.1) is 6.42 Å². The predicted octanol–water partition coefficient (Wildman–Crippen LogP) is 2.15. The normalized spacial score (nSPS) is 10.2. The van der Waals surface area contributed by atoms with Gasteiger partial charge in [-0.05, 0) is 49.2 Å². The molecule has 4 heteroatoms. The first kappa shape index (κ1) is 14.2. The highest BCUT2D eigenvalue weighted by Gasteiger charge is 2.04. The lowest BCUT2D eigenvalue weighted by molar-refractivity contribution is -0.115. The van der Waals surface area contributed by atoms with Crippen LogP contribution in [0, 0.1) is 0 Å². The number of nitrogens with zero attached hydrogens (tertiary/aromatic N) is 1. The van der Waals surface area contributed by atoms with E-state index in [-0.39, 0.29) is 12.3 Å². The van der Waals surface area contributed by atoms with Gasteiger partial charge in [-0.1, -0.05) is 18.2 Å². The zero-order chi connectivity index (χ0) is 14.2. The van der Waals surface area contributed by atoms with Gasteiger partial charge < -0.3 is 11.1 Å². The molecule has 0 spiro atoms. The maximum absolute atomic E-state index is 11.9. The largest absolute Gasteiger partial charge is 0.330 e. The van der Waals surface area contributed by atoms with Crippen LogP contribution in [0.2, 0.25) is 0 Å². The second kappa shape index (κ2) is 7.40. The third-order valence-corrected chi connectivity index (χ3v) is 2.98. The van der Waals surface area contributed by atoms with Gasteiger partial charge in [-0.2, -0.15) is 0 Å². The van der Waals surface area contributed by atoms with Crippen molar-refractivity contribution in [2.75, 3.05) is 11.9 Å². The molecule has 1 heterocycles. The Bertz CT molecular complexity index is 537. The van der Waals surface area contributed by atoms with Crippen LogP contribution in [0.1, 0.15) is 17.7 Å². The van der Waals surface area contributed by atoms with E-state index >= 15 is 0 Å². The van der Waals surface area contributed by atoms with Crippen LogP contribution in [0.4, 0.5) is 5.69 Å². The van der Waals surface area contributed by atoms with Crippen molar-refractivity contribution in [3.05, 3.63) is 59.9 Å². The minimum absolute atomic E-state index is 0.0570. The molecule has 0 atom stereocenters. The van der Waals surface area contributed by atoms with Crippen LogP contribution in [0.3, 0.4) is 0 Å². The van der Waals surface area contributed by atoms with Crippen molar-refractivity contribution in [1.29, 1.82) is 0 Å². The molecule has 1 aromatic carbocycles. The third-order valence-electron chi connectivity index (χ3n) is 2.98. The maximum Gasteiger partial charge on any atom is 0.230 e. The predicted molar refractivity (Wildman–Crippen MR) is 80.4 cm³/mol. The molecule has 1 aromatic heterocycles.